The smallest absolute Gasteiger partial charge is 0.0280 e. The standard InChI is InChI=1S/C69H47NSe/c1-69(2)63-24-13-12-21-57(63)58-33-32-55(43-64(58)69)70-65-34-29-49(45-17-8-4-9-18-45)40-60(65)61-41-50(30-35-66(61)70)53-37-52(47-27-25-46(26-28-47)44-15-6-3-7-16-44)38-54(39-53)51-31-36-67-62(42-51)59-23-14-22-56(68(59)71-67)48-19-10-5-11-20-48/h3-43H,1-2H3. The van der Waals surface area contributed by atoms with Crippen LogP contribution in [-0.2, 0) is 5.41 Å². The minimum atomic E-state index is -0.104. The van der Waals surface area contributed by atoms with Crippen LogP contribution in [0.5, 0.6) is 0 Å². The largest absolute Gasteiger partial charge is 0.0333 e. The summed E-state index contributed by atoms with van der Waals surface area (Å²) in [5.74, 6) is 0. The molecule has 0 saturated carbocycles. The Morgan fingerprint density at radius 2 is 0.761 bits per heavy atom. The predicted octanol–water partition coefficient (Wildman–Crippen LogP) is 18.5. The summed E-state index contributed by atoms with van der Waals surface area (Å²) in [4.78, 5) is 0. The Kier molecular flexibility index (Phi) is 9.65. The van der Waals surface area contributed by atoms with Gasteiger partial charge in [-0.3, -0.25) is 0 Å². The molecule has 0 radical (unpaired) electrons. The van der Waals surface area contributed by atoms with E-state index in [2.05, 4.69) is 267 Å². The van der Waals surface area contributed by atoms with E-state index < -0.39 is 0 Å². The summed E-state index contributed by atoms with van der Waals surface area (Å²) in [5, 5.41) is 5.21. The van der Waals surface area contributed by atoms with E-state index in [0.717, 1.165) is 0 Å². The molecule has 0 spiro atoms. The molecule has 14 rings (SSSR count). The first kappa shape index (κ1) is 41.7. The molecule has 0 unspecified atom stereocenters. The first-order valence-electron chi connectivity index (χ1n) is 24.6. The van der Waals surface area contributed by atoms with Gasteiger partial charge in [0.15, 0.2) is 0 Å². The van der Waals surface area contributed by atoms with Gasteiger partial charge in [-0.05, 0) is 51.6 Å². The Labute approximate surface area is 420 Å². The van der Waals surface area contributed by atoms with Crippen molar-refractivity contribution < 1.29 is 0 Å². The second kappa shape index (κ2) is 16.4. The fourth-order valence-electron chi connectivity index (χ4n) is 11.6. The molecular formula is C69H47NSe. The molecule has 0 aliphatic heterocycles. The van der Waals surface area contributed by atoms with Gasteiger partial charge in [0.1, 0.15) is 0 Å². The maximum atomic E-state index is 2.49. The predicted molar refractivity (Wildman–Crippen MR) is 303 cm³/mol. The fraction of sp³-hybridized carbons (Fsp3) is 0.0435. The van der Waals surface area contributed by atoms with E-state index in [1.165, 1.54) is 136 Å². The van der Waals surface area contributed by atoms with Gasteiger partial charge in [0.2, 0.25) is 0 Å². The van der Waals surface area contributed by atoms with Gasteiger partial charge in [-0.2, -0.15) is 0 Å². The number of hydrogen-bond donors (Lipinski definition) is 0. The van der Waals surface area contributed by atoms with E-state index in [4.69, 9.17) is 0 Å². The van der Waals surface area contributed by atoms with E-state index in [-0.39, 0.29) is 19.9 Å². The average molecular weight is 969 g/mol. The Bertz CT molecular complexity index is 4210. The third-order valence-corrected chi connectivity index (χ3v) is 17.8. The first-order chi connectivity index (χ1) is 34.9. The SMILES string of the molecule is CC1(C)c2ccccc2-c2ccc(-n3c4ccc(-c5ccccc5)cc4c4cc(-c5cc(-c6ccc(-c7ccccc7)cc6)cc(-c6ccc7[se]c8c(-c9ccccc9)cccc8c7c6)c5)ccc43)cc21. The number of aromatic nitrogens is 1. The quantitative estimate of drug-likeness (QED) is 0.140. The van der Waals surface area contributed by atoms with Gasteiger partial charge in [0.05, 0.1) is 0 Å². The molecule has 2 heteroatoms. The summed E-state index contributed by atoms with van der Waals surface area (Å²) < 4.78 is 5.41. The van der Waals surface area contributed by atoms with Crippen LogP contribution in [0.2, 0.25) is 0 Å². The average Bonchev–Trinajstić information content (AvgIpc) is 4.05. The maximum absolute atomic E-state index is 2.49. The van der Waals surface area contributed by atoms with Crippen molar-refractivity contribution in [2.24, 2.45) is 0 Å². The van der Waals surface area contributed by atoms with E-state index in [9.17, 15) is 0 Å². The van der Waals surface area contributed by atoms with Crippen LogP contribution in [0, 0.1) is 0 Å². The van der Waals surface area contributed by atoms with Crippen molar-refractivity contribution in [3.8, 4) is 83.6 Å². The second-order valence-electron chi connectivity index (χ2n) is 19.7. The minimum Gasteiger partial charge on any atom is -0.0333 e. The van der Waals surface area contributed by atoms with Crippen molar-refractivity contribution in [2.45, 2.75) is 19.3 Å². The zero-order valence-electron chi connectivity index (χ0n) is 39.5. The van der Waals surface area contributed by atoms with E-state index in [1.54, 1.807) is 0 Å². The Morgan fingerprint density at radius 3 is 1.41 bits per heavy atom. The van der Waals surface area contributed by atoms with E-state index in [1.807, 2.05) is 0 Å². The molecule has 2 aromatic heterocycles. The van der Waals surface area contributed by atoms with Crippen LogP contribution < -0.4 is 0 Å². The normalized spacial score (nSPS) is 12.8. The van der Waals surface area contributed by atoms with Crippen LogP contribution in [-0.4, -0.2) is 19.1 Å². The fourth-order valence-corrected chi connectivity index (χ4v) is 14.1. The summed E-state index contributed by atoms with van der Waals surface area (Å²) in [6.07, 6.45) is 0. The molecular weight excluding hydrogens is 922 g/mol. The number of nitrogens with zero attached hydrogens (tertiary/aromatic N) is 1. The monoisotopic (exact) mass is 969 g/mol. The Hall–Kier alpha value is -8.26. The summed E-state index contributed by atoms with van der Waals surface area (Å²) in [7, 11) is 0. The summed E-state index contributed by atoms with van der Waals surface area (Å²) >= 11 is 0.221. The summed E-state index contributed by atoms with van der Waals surface area (Å²) in [6.45, 7) is 4.74. The van der Waals surface area contributed by atoms with Crippen LogP contribution in [0.25, 0.3) is 125 Å². The Balaban J connectivity index is 0.956. The molecule has 0 bridgehead atoms. The molecule has 1 nitrogen and oxygen atoms in total. The zero-order chi connectivity index (χ0) is 47.2. The molecule has 71 heavy (non-hydrogen) atoms. The van der Waals surface area contributed by atoms with Crippen molar-refractivity contribution in [3.05, 3.63) is 260 Å². The van der Waals surface area contributed by atoms with Crippen molar-refractivity contribution >= 4 is 55.6 Å². The molecule has 334 valence electrons. The number of hydrogen-bond acceptors (Lipinski definition) is 0. The van der Waals surface area contributed by atoms with Gasteiger partial charge in [-0.15, -0.1) is 0 Å². The van der Waals surface area contributed by atoms with E-state index >= 15 is 0 Å². The van der Waals surface area contributed by atoms with Gasteiger partial charge < -0.3 is 0 Å². The summed E-state index contributed by atoms with van der Waals surface area (Å²) in [6, 6.07) is 92.9. The second-order valence-corrected chi connectivity index (χ2v) is 21.9. The molecule has 13 aromatic rings. The molecule has 0 saturated heterocycles. The number of benzene rings is 11. The van der Waals surface area contributed by atoms with E-state index in [0.29, 0.717) is 0 Å². The van der Waals surface area contributed by atoms with Crippen LogP contribution in [0.15, 0.2) is 249 Å². The molecule has 0 atom stereocenters. The third kappa shape index (κ3) is 6.90. The van der Waals surface area contributed by atoms with Crippen LogP contribution in [0.4, 0.5) is 0 Å². The van der Waals surface area contributed by atoms with Gasteiger partial charge in [0.25, 0.3) is 0 Å². The van der Waals surface area contributed by atoms with Crippen molar-refractivity contribution in [3.63, 3.8) is 0 Å². The number of rotatable bonds is 7. The van der Waals surface area contributed by atoms with Gasteiger partial charge in [-0.1, -0.05) is 111 Å². The summed E-state index contributed by atoms with van der Waals surface area (Å²) in [5.41, 5.74) is 23.6. The molecule has 1 aliphatic carbocycles. The molecule has 1 aliphatic rings. The topological polar surface area (TPSA) is 4.93 Å². The van der Waals surface area contributed by atoms with Crippen LogP contribution >= 0.6 is 0 Å². The third-order valence-electron chi connectivity index (χ3n) is 15.2. The van der Waals surface area contributed by atoms with Gasteiger partial charge >= 0.3 is 249 Å². The van der Waals surface area contributed by atoms with Crippen LogP contribution in [0.1, 0.15) is 25.0 Å². The molecule has 0 N–H and O–H groups in total. The van der Waals surface area contributed by atoms with Crippen molar-refractivity contribution in [1.29, 1.82) is 0 Å². The van der Waals surface area contributed by atoms with Crippen molar-refractivity contribution in [2.75, 3.05) is 0 Å². The molecule has 0 amide bonds. The van der Waals surface area contributed by atoms with Crippen LogP contribution in [0.3, 0.4) is 0 Å². The van der Waals surface area contributed by atoms with Gasteiger partial charge in [-0.25, -0.2) is 0 Å². The maximum Gasteiger partial charge on any atom is -0.0280 e. The Morgan fingerprint density at radius 1 is 0.296 bits per heavy atom. The zero-order valence-corrected chi connectivity index (χ0v) is 41.2. The first-order valence-corrected chi connectivity index (χ1v) is 26.4. The molecule has 0 fully saturated rings. The minimum absolute atomic E-state index is 0.104. The molecule has 2 heterocycles. The number of fused-ring (bicyclic) bond motifs is 9. The van der Waals surface area contributed by atoms with Gasteiger partial charge in [0, 0.05) is 11.1 Å². The molecule has 11 aromatic carbocycles. The van der Waals surface area contributed by atoms with Crippen molar-refractivity contribution in [1.82, 2.24) is 4.57 Å².